The van der Waals surface area contributed by atoms with E-state index in [-0.39, 0.29) is 0 Å². The van der Waals surface area contributed by atoms with Crippen LogP contribution < -0.4 is 5.32 Å². The predicted molar refractivity (Wildman–Crippen MR) is 82.6 cm³/mol. The second kappa shape index (κ2) is 6.53. The van der Waals surface area contributed by atoms with E-state index >= 15 is 0 Å². The van der Waals surface area contributed by atoms with Crippen molar-refractivity contribution in [2.45, 2.75) is 52.6 Å². The Bertz CT molecular complexity index is 420. The average Bonchev–Trinajstić information content (AvgIpc) is 2.41. The van der Waals surface area contributed by atoms with E-state index in [2.05, 4.69) is 50.2 Å². The third kappa shape index (κ3) is 3.80. The van der Waals surface area contributed by atoms with Crippen LogP contribution in [0.25, 0.3) is 0 Å². The van der Waals surface area contributed by atoms with Crippen molar-refractivity contribution in [3.05, 3.63) is 34.4 Å². The van der Waals surface area contributed by atoms with Gasteiger partial charge in [0.2, 0.25) is 0 Å². The molecule has 1 unspecified atom stereocenters. The molecule has 2 nitrogen and oxygen atoms in total. The molecule has 1 atom stereocenters. The molecule has 1 aromatic carbocycles. The molecule has 106 valence electrons. The van der Waals surface area contributed by atoms with Gasteiger partial charge in [-0.05, 0) is 69.5 Å². The summed E-state index contributed by atoms with van der Waals surface area (Å²) in [5.74, 6) is 0. The zero-order chi connectivity index (χ0) is 13.8. The van der Waals surface area contributed by atoms with E-state index in [0.717, 1.165) is 13.1 Å². The number of hydrogen-bond donors (Lipinski definition) is 1. The first kappa shape index (κ1) is 14.5. The Morgan fingerprint density at radius 3 is 2.63 bits per heavy atom. The second-order valence-electron chi connectivity index (χ2n) is 6.14. The molecule has 0 radical (unpaired) electrons. The fourth-order valence-electron chi connectivity index (χ4n) is 2.99. The first-order valence-corrected chi connectivity index (χ1v) is 7.55. The highest BCUT2D eigenvalue weighted by atomic mass is 15.1. The van der Waals surface area contributed by atoms with Crippen LogP contribution in [0.2, 0.25) is 0 Å². The zero-order valence-electron chi connectivity index (χ0n) is 12.9. The molecule has 19 heavy (non-hydrogen) atoms. The smallest absolute Gasteiger partial charge is 0.0234 e. The minimum atomic E-state index is 0.686. The minimum Gasteiger partial charge on any atom is -0.313 e. The van der Waals surface area contributed by atoms with Crippen LogP contribution in [0.15, 0.2) is 12.1 Å². The number of nitrogens with zero attached hydrogens (tertiary/aromatic N) is 1. The lowest BCUT2D eigenvalue weighted by Gasteiger charge is -2.28. The van der Waals surface area contributed by atoms with Gasteiger partial charge in [-0.2, -0.15) is 0 Å². The Labute approximate surface area is 118 Å². The summed E-state index contributed by atoms with van der Waals surface area (Å²) >= 11 is 0. The highest BCUT2D eigenvalue weighted by Gasteiger charge is 2.15. The molecular weight excluding hydrogens is 232 g/mol. The van der Waals surface area contributed by atoms with E-state index in [0.29, 0.717) is 6.04 Å². The van der Waals surface area contributed by atoms with Crippen LogP contribution in [-0.2, 0) is 6.54 Å². The maximum absolute atomic E-state index is 3.63. The molecule has 0 saturated carbocycles. The number of benzene rings is 1. The minimum absolute atomic E-state index is 0.686. The van der Waals surface area contributed by atoms with Crippen molar-refractivity contribution < 1.29 is 0 Å². The third-order valence-electron chi connectivity index (χ3n) is 4.55. The van der Waals surface area contributed by atoms with Crippen molar-refractivity contribution in [2.24, 2.45) is 0 Å². The van der Waals surface area contributed by atoms with Gasteiger partial charge in [-0.1, -0.05) is 18.6 Å². The van der Waals surface area contributed by atoms with Crippen LogP contribution in [0.1, 0.15) is 41.5 Å². The molecule has 1 N–H and O–H groups in total. The number of rotatable bonds is 4. The lowest BCUT2D eigenvalue weighted by Crippen LogP contribution is -2.42. The van der Waals surface area contributed by atoms with Crippen molar-refractivity contribution in [3.8, 4) is 0 Å². The monoisotopic (exact) mass is 260 g/mol. The molecule has 0 amide bonds. The molecule has 1 aromatic rings. The van der Waals surface area contributed by atoms with E-state index in [1.165, 1.54) is 48.1 Å². The van der Waals surface area contributed by atoms with E-state index in [1.807, 2.05) is 0 Å². The van der Waals surface area contributed by atoms with Crippen molar-refractivity contribution >= 4 is 0 Å². The molecule has 2 rings (SSSR count). The number of hydrogen-bond acceptors (Lipinski definition) is 2. The van der Waals surface area contributed by atoms with Crippen LogP contribution in [0.3, 0.4) is 0 Å². The molecule has 1 fully saturated rings. The first-order valence-electron chi connectivity index (χ1n) is 7.55. The Balaban J connectivity index is 1.94. The molecule has 0 aromatic heterocycles. The lowest BCUT2D eigenvalue weighted by molar-refractivity contribution is 0.256. The van der Waals surface area contributed by atoms with Gasteiger partial charge in [0.25, 0.3) is 0 Å². The standard InChI is InChI=1S/C17H28N2/c1-13-8-9-16(15(3)14(13)2)11-19(4)12-17-7-5-6-10-18-17/h8-9,17-18H,5-7,10-12H2,1-4H3. The quantitative estimate of drug-likeness (QED) is 0.894. The van der Waals surface area contributed by atoms with Crippen LogP contribution in [0.5, 0.6) is 0 Å². The maximum atomic E-state index is 3.63. The van der Waals surface area contributed by atoms with Crippen molar-refractivity contribution in [1.29, 1.82) is 0 Å². The molecule has 1 aliphatic heterocycles. The molecule has 0 bridgehead atoms. The summed E-state index contributed by atoms with van der Waals surface area (Å²) in [6.45, 7) is 10.1. The van der Waals surface area contributed by atoms with Gasteiger partial charge in [0.15, 0.2) is 0 Å². The summed E-state index contributed by atoms with van der Waals surface area (Å²) < 4.78 is 0. The highest BCUT2D eigenvalue weighted by molar-refractivity contribution is 5.38. The largest absolute Gasteiger partial charge is 0.313 e. The molecule has 0 spiro atoms. The summed E-state index contributed by atoms with van der Waals surface area (Å²) in [6, 6.07) is 5.23. The summed E-state index contributed by atoms with van der Waals surface area (Å²) in [4.78, 5) is 2.46. The Morgan fingerprint density at radius 1 is 1.16 bits per heavy atom. The summed E-state index contributed by atoms with van der Waals surface area (Å²) in [5, 5.41) is 3.63. The number of likely N-dealkylation sites (N-methyl/N-ethyl adjacent to an activating group) is 1. The fraction of sp³-hybridized carbons (Fsp3) is 0.647. The van der Waals surface area contributed by atoms with Gasteiger partial charge >= 0.3 is 0 Å². The molecule has 1 saturated heterocycles. The number of nitrogens with one attached hydrogen (secondary N) is 1. The Hall–Kier alpha value is -0.860. The fourth-order valence-corrected chi connectivity index (χ4v) is 2.99. The van der Waals surface area contributed by atoms with Gasteiger partial charge in [-0.3, -0.25) is 0 Å². The normalized spacial score (nSPS) is 19.9. The van der Waals surface area contributed by atoms with Gasteiger partial charge < -0.3 is 10.2 Å². The van der Waals surface area contributed by atoms with Gasteiger partial charge in [0, 0.05) is 19.1 Å². The van der Waals surface area contributed by atoms with Crippen LogP contribution in [0, 0.1) is 20.8 Å². The number of piperidine rings is 1. The average molecular weight is 260 g/mol. The topological polar surface area (TPSA) is 15.3 Å². The van der Waals surface area contributed by atoms with E-state index < -0.39 is 0 Å². The molecule has 0 aliphatic carbocycles. The summed E-state index contributed by atoms with van der Waals surface area (Å²) in [6.07, 6.45) is 4.06. The van der Waals surface area contributed by atoms with Gasteiger partial charge in [0.1, 0.15) is 0 Å². The van der Waals surface area contributed by atoms with Crippen molar-refractivity contribution in [1.82, 2.24) is 10.2 Å². The second-order valence-corrected chi connectivity index (χ2v) is 6.14. The Morgan fingerprint density at radius 2 is 1.95 bits per heavy atom. The molecule has 2 heteroatoms. The SMILES string of the molecule is Cc1ccc(CN(C)CC2CCCCN2)c(C)c1C. The summed E-state index contributed by atoms with van der Waals surface area (Å²) in [7, 11) is 2.24. The highest BCUT2D eigenvalue weighted by Crippen LogP contribution is 2.18. The van der Waals surface area contributed by atoms with Gasteiger partial charge in [-0.25, -0.2) is 0 Å². The first-order chi connectivity index (χ1) is 9.08. The maximum Gasteiger partial charge on any atom is 0.0234 e. The Kier molecular flexibility index (Phi) is 5.00. The molecule has 1 heterocycles. The van der Waals surface area contributed by atoms with Crippen molar-refractivity contribution in [2.75, 3.05) is 20.1 Å². The van der Waals surface area contributed by atoms with Gasteiger partial charge in [-0.15, -0.1) is 0 Å². The zero-order valence-corrected chi connectivity index (χ0v) is 12.9. The third-order valence-corrected chi connectivity index (χ3v) is 4.55. The van der Waals surface area contributed by atoms with E-state index in [4.69, 9.17) is 0 Å². The van der Waals surface area contributed by atoms with Crippen molar-refractivity contribution in [3.63, 3.8) is 0 Å². The van der Waals surface area contributed by atoms with E-state index in [1.54, 1.807) is 0 Å². The molecular formula is C17H28N2. The lowest BCUT2D eigenvalue weighted by atomic mass is 9.98. The van der Waals surface area contributed by atoms with Crippen LogP contribution >= 0.6 is 0 Å². The number of aryl methyl sites for hydroxylation is 1. The predicted octanol–water partition coefficient (Wildman–Crippen LogP) is 3.19. The molecule has 1 aliphatic rings. The van der Waals surface area contributed by atoms with Crippen LogP contribution in [-0.4, -0.2) is 31.1 Å². The van der Waals surface area contributed by atoms with Crippen LogP contribution in [0.4, 0.5) is 0 Å². The summed E-state index contributed by atoms with van der Waals surface area (Å²) in [5.41, 5.74) is 5.78. The van der Waals surface area contributed by atoms with Gasteiger partial charge in [0.05, 0.1) is 0 Å². The van der Waals surface area contributed by atoms with E-state index in [9.17, 15) is 0 Å².